The zero-order valence-corrected chi connectivity index (χ0v) is 3.88. The molecule has 0 aliphatic carbocycles. The minimum atomic E-state index is -2.11. The lowest BCUT2D eigenvalue weighted by molar-refractivity contribution is -0.00000292. The molecule has 0 bridgehead atoms. The van der Waals surface area contributed by atoms with Crippen molar-refractivity contribution in [1.82, 2.24) is 0 Å². The van der Waals surface area contributed by atoms with Crippen molar-refractivity contribution < 1.29 is 20.8 Å². The zero-order chi connectivity index (χ0) is 3.58. The predicted octanol–water partition coefficient (Wildman–Crippen LogP) is -3.70. The van der Waals surface area contributed by atoms with Gasteiger partial charge in [0.2, 0.25) is 10.3 Å². The maximum Gasteiger partial charge on any atom is 0.206 e. The van der Waals surface area contributed by atoms with Crippen molar-refractivity contribution in [3.63, 3.8) is 0 Å². The Hall–Kier alpha value is -0.0200. The summed E-state index contributed by atoms with van der Waals surface area (Å²) in [5.41, 5.74) is 0. The van der Waals surface area contributed by atoms with Crippen molar-refractivity contribution in [2.45, 2.75) is 0 Å². The summed E-state index contributed by atoms with van der Waals surface area (Å²) < 4.78 is 17.8. The van der Waals surface area contributed by atoms with Gasteiger partial charge in [0.25, 0.3) is 0 Å². The Morgan fingerprint density at radius 2 is 1.40 bits per heavy atom. The summed E-state index contributed by atoms with van der Waals surface area (Å²) in [6.07, 6.45) is 0. The van der Waals surface area contributed by atoms with E-state index in [0.717, 1.165) is 0 Å². The second-order valence-corrected chi connectivity index (χ2v) is 0.911. The molecule has 0 amide bonds. The van der Waals surface area contributed by atoms with Crippen LogP contribution in [0.2, 0.25) is 0 Å². The van der Waals surface area contributed by atoms with Gasteiger partial charge >= 0.3 is 0 Å². The summed E-state index contributed by atoms with van der Waals surface area (Å²) in [5, 5.41) is 0. The molecular formula is CH2ClO2S-. The van der Waals surface area contributed by atoms with Gasteiger partial charge in [0.1, 0.15) is 0 Å². The maximum absolute atomic E-state index is 8.89. The second kappa shape index (κ2) is 3.98. The van der Waals surface area contributed by atoms with Crippen molar-refractivity contribution >= 4 is 16.2 Å². The minimum Gasteiger partial charge on any atom is -1.00 e. The fourth-order valence-corrected chi connectivity index (χ4v) is 0. The quantitative estimate of drug-likeness (QED) is 0.303. The van der Waals surface area contributed by atoms with Gasteiger partial charge in [-0.3, -0.25) is 0 Å². The normalized spacial score (nSPS) is 4.80. The molecule has 4 heteroatoms. The zero-order valence-electron chi connectivity index (χ0n) is 2.31. The lowest BCUT2D eigenvalue weighted by atomic mass is 12.0. The Morgan fingerprint density at radius 1 is 1.40 bits per heavy atom. The van der Waals surface area contributed by atoms with Crippen LogP contribution in [-0.2, 0) is 10.3 Å². The molecule has 0 radical (unpaired) electrons. The van der Waals surface area contributed by atoms with E-state index in [2.05, 4.69) is 5.87 Å². The van der Waals surface area contributed by atoms with Gasteiger partial charge < -0.3 is 12.4 Å². The van der Waals surface area contributed by atoms with Gasteiger partial charge in [0.15, 0.2) is 0 Å². The molecule has 0 unspecified atom stereocenters. The third-order valence-corrected chi connectivity index (χ3v) is 0. The highest BCUT2D eigenvalue weighted by Crippen LogP contribution is 1.08. The highest BCUT2D eigenvalue weighted by atomic mass is 35.5. The number of halogens is 1. The van der Waals surface area contributed by atoms with Gasteiger partial charge in [-0.05, 0) is 0 Å². The molecule has 0 atom stereocenters. The van der Waals surface area contributed by atoms with E-state index in [4.69, 9.17) is 8.42 Å². The van der Waals surface area contributed by atoms with Gasteiger partial charge in [-0.1, -0.05) is 0 Å². The van der Waals surface area contributed by atoms with Gasteiger partial charge in [0.05, 0.1) is 0 Å². The van der Waals surface area contributed by atoms with Crippen molar-refractivity contribution in [3.8, 4) is 0 Å². The van der Waals surface area contributed by atoms with Crippen LogP contribution in [0.5, 0.6) is 0 Å². The molecule has 0 heterocycles. The van der Waals surface area contributed by atoms with E-state index in [1.54, 1.807) is 0 Å². The predicted molar refractivity (Wildman–Crippen MR) is 16.0 cm³/mol. The van der Waals surface area contributed by atoms with Crippen molar-refractivity contribution in [3.05, 3.63) is 0 Å². The van der Waals surface area contributed by atoms with Crippen molar-refractivity contribution in [2.24, 2.45) is 0 Å². The molecule has 2 nitrogen and oxygen atoms in total. The largest absolute Gasteiger partial charge is 1.00 e. The molecular weight excluding hydrogens is 112 g/mol. The third kappa shape index (κ3) is 39000. The molecule has 0 spiro atoms. The molecule has 0 rings (SSSR count). The lowest BCUT2D eigenvalue weighted by Gasteiger charge is -1.19. The summed E-state index contributed by atoms with van der Waals surface area (Å²) in [6.45, 7) is 0. The maximum atomic E-state index is 8.89. The summed E-state index contributed by atoms with van der Waals surface area (Å²) in [4.78, 5) is 0. The van der Waals surface area contributed by atoms with E-state index >= 15 is 0 Å². The van der Waals surface area contributed by atoms with E-state index in [1.807, 2.05) is 0 Å². The van der Waals surface area contributed by atoms with Crippen LogP contribution in [0.25, 0.3) is 0 Å². The van der Waals surface area contributed by atoms with Crippen molar-refractivity contribution in [1.29, 1.82) is 0 Å². The Morgan fingerprint density at radius 3 is 1.40 bits per heavy atom. The van der Waals surface area contributed by atoms with Crippen LogP contribution in [0.15, 0.2) is 0 Å². The minimum absolute atomic E-state index is 0. The van der Waals surface area contributed by atoms with Crippen LogP contribution in [0.3, 0.4) is 0 Å². The summed E-state index contributed by atoms with van der Waals surface area (Å²) >= 11 is 0. The average Bonchev–Trinajstić information content (AvgIpc) is 0.811. The number of rotatable bonds is 0. The average molecular weight is 114 g/mol. The van der Waals surface area contributed by atoms with E-state index in [1.165, 1.54) is 0 Å². The summed E-state index contributed by atoms with van der Waals surface area (Å²) in [6, 6.07) is 0. The molecule has 0 fully saturated rings. The van der Waals surface area contributed by atoms with Crippen molar-refractivity contribution in [2.75, 3.05) is 0 Å². The SMILES string of the molecule is C=S(=O)=O.[Cl-]. The summed E-state index contributed by atoms with van der Waals surface area (Å²) in [7, 11) is -2.11. The Bertz CT molecular complexity index is 79.0. The van der Waals surface area contributed by atoms with E-state index in [9.17, 15) is 0 Å². The van der Waals surface area contributed by atoms with Gasteiger partial charge in [-0.2, -0.15) is 8.42 Å². The third-order valence-electron chi connectivity index (χ3n) is 0. The molecule has 32 valence electrons. The first-order valence-corrected chi connectivity index (χ1v) is 1.87. The molecule has 0 aromatic carbocycles. The lowest BCUT2D eigenvalue weighted by Crippen LogP contribution is -3.00. The van der Waals surface area contributed by atoms with E-state index in [-0.39, 0.29) is 12.4 Å². The molecule has 5 heavy (non-hydrogen) atoms. The first-order chi connectivity index (χ1) is 1.73. The highest BCUT2D eigenvalue weighted by molar-refractivity contribution is 7.70. The molecule has 0 aromatic heterocycles. The fraction of sp³-hybridized carbons (Fsp3) is 0. The second-order valence-electron chi connectivity index (χ2n) is 0.304. The highest BCUT2D eigenvalue weighted by Gasteiger charge is 1.28. The number of hydrogen-bond acceptors (Lipinski definition) is 2. The molecule has 0 aromatic rings. The molecule has 0 aliphatic heterocycles. The van der Waals surface area contributed by atoms with Gasteiger partial charge in [0, 0.05) is 5.87 Å². The Labute approximate surface area is 37.8 Å². The van der Waals surface area contributed by atoms with Gasteiger partial charge in [-0.15, -0.1) is 0 Å². The van der Waals surface area contributed by atoms with Crippen LogP contribution in [0, 0.1) is 0 Å². The monoisotopic (exact) mass is 113 g/mol. The molecule has 0 aliphatic rings. The van der Waals surface area contributed by atoms with Gasteiger partial charge in [-0.25, -0.2) is 0 Å². The Kier molecular flexibility index (Phi) is 7.07. The van der Waals surface area contributed by atoms with Crippen LogP contribution in [0.1, 0.15) is 0 Å². The fourth-order valence-electron chi connectivity index (χ4n) is 0. The standard InChI is InChI=1S/CH2O2S.ClH/c1-4(2)3;/h1H2;1H/p-1. The van der Waals surface area contributed by atoms with Crippen LogP contribution in [0.4, 0.5) is 0 Å². The van der Waals surface area contributed by atoms with E-state index < -0.39 is 10.3 Å². The topological polar surface area (TPSA) is 34.1 Å². The molecule has 0 N–H and O–H groups in total. The summed E-state index contributed by atoms with van der Waals surface area (Å²) in [5.74, 6) is 2.56. The molecule has 0 saturated carbocycles. The Balaban J connectivity index is 0. The number of hydrogen-bond donors (Lipinski definition) is 0. The van der Waals surface area contributed by atoms with E-state index in [0.29, 0.717) is 0 Å². The van der Waals surface area contributed by atoms with Crippen LogP contribution < -0.4 is 12.4 Å². The smallest absolute Gasteiger partial charge is 0.206 e. The van der Waals surface area contributed by atoms with Crippen LogP contribution in [-0.4, -0.2) is 14.3 Å². The first kappa shape index (κ1) is 8.88. The molecule has 0 saturated heterocycles. The van der Waals surface area contributed by atoms with Crippen LogP contribution >= 0.6 is 0 Å². The first-order valence-electron chi connectivity index (χ1n) is 0.622.